The lowest BCUT2D eigenvalue weighted by Gasteiger charge is -2.19. The Kier molecular flexibility index (Phi) is 8.35. The van der Waals surface area contributed by atoms with Gasteiger partial charge in [-0.2, -0.15) is 5.26 Å². The van der Waals surface area contributed by atoms with Gasteiger partial charge in [0.2, 0.25) is 0 Å². The van der Waals surface area contributed by atoms with Crippen LogP contribution in [0.1, 0.15) is 62.8 Å². The molecule has 3 rings (SSSR count). The third kappa shape index (κ3) is 5.50. The number of nitriles is 1. The van der Waals surface area contributed by atoms with Crippen LogP contribution in [0, 0.1) is 23.2 Å². The van der Waals surface area contributed by atoms with E-state index in [2.05, 4.69) is 32.9 Å². The molecule has 2 unspecified atom stereocenters. The van der Waals surface area contributed by atoms with E-state index in [1.807, 2.05) is 18.2 Å². The monoisotopic (exact) mass is 380 g/mol. The van der Waals surface area contributed by atoms with Gasteiger partial charge in [-0.1, -0.05) is 57.9 Å². The molecule has 0 amide bonds. The van der Waals surface area contributed by atoms with Crippen LogP contribution in [0.25, 0.3) is 0 Å². The number of benzene rings is 2. The van der Waals surface area contributed by atoms with Gasteiger partial charge in [-0.25, -0.2) is 0 Å². The molecule has 3 N–H and O–H groups in total. The molecule has 0 saturated heterocycles. The lowest BCUT2D eigenvalue weighted by atomic mass is 10.0. The van der Waals surface area contributed by atoms with Crippen LogP contribution >= 0.6 is 0 Å². The number of aromatic hydroxyl groups is 1. The molecular weight excluding hydrogens is 348 g/mol. The van der Waals surface area contributed by atoms with Crippen molar-refractivity contribution in [2.24, 2.45) is 17.6 Å². The van der Waals surface area contributed by atoms with E-state index in [0.29, 0.717) is 11.7 Å². The van der Waals surface area contributed by atoms with Crippen LogP contribution in [0.5, 0.6) is 11.5 Å². The molecule has 1 aliphatic rings. The van der Waals surface area contributed by atoms with Crippen LogP contribution in [0.2, 0.25) is 0 Å². The minimum Gasteiger partial charge on any atom is -0.506 e. The summed E-state index contributed by atoms with van der Waals surface area (Å²) < 4.78 is 6.02. The summed E-state index contributed by atoms with van der Waals surface area (Å²) in [5.41, 5.74) is 8.26. The molecule has 150 valence electrons. The van der Waals surface area contributed by atoms with Crippen LogP contribution in [-0.2, 0) is 6.42 Å². The van der Waals surface area contributed by atoms with Gasteiger partial charge in [0.25, 0.3) is 0 Å². The van der Waals surface area contributed by atoms with E-state index in [4.69, 9.17) is 15.7 Å². The molecule has 0 aliphatic heterocycles. The summed E-state index contributed by atoms with van der Waals surface area (Å²) in [4.78, 5) is 0. The number of nitrogens with two attached hydrogens (primary N) is 1. The lowest BCUT2D eigenvalue weighted by Crippen LogP contribution is -2.12. The smallest absolute Gasteiger partial charge is 0.137 e. The summed E-state index contributed by atoms with van der Waals surface area (Å²) in [5, 5.41) is 18.5. The maximum Gasteiger partial charge on any atom is 0.137 e. The SMILES string of the molecule is CCCC(CC)CN.C[C@@H]1Cc2ccccc2C1Oc1ccc(C#N)c(O)c1. The number of rotatable bonds is 6. The molecule has 0 fully saturated rings. The molecule has 3 atom stereocenters. The molecule has 2 aromatic carbocycles. The summed E-state index contributed by atoms with van der Waals surface area (Å²) in [6.07, 6.45) is 4.81. The number of ether oxygens (including phenoxy) is 1. The van der Waals surface area contributed by atoms with E-state index < -0.39 is 0 Å². The average Bonchev–Trinajstić information content (AvgIpc) is 3.02. The lowest BCUT2D eigenvalue weighted by molar-refractivity contribution is 0.159. The number of fused-ring (bicyclic) bond motifs is 1. The zero-order valence-corrected chi connectivity index (χ0v) is 17.2. The predicted molar refractivity (Wildman–Crippen MR) is 113 cm³/mol. The largest absolute Gasteiger partial charge is 0.506 e. The summed E-state index contributed by atoms with van der Waals surface area (Å²) >= 11 is 0. The normalized spacial score (nSPS) is 18.4. The van der Waals surface area contributed by atoms with Crippen molar-refractivity contribution in [1.82, 2.24) is 0 Å². The molecule has 2 aromatic rings. The minimum absolute atomic E-state index is 0.00136. The maximum absolute atomic E-state index is 9.72. The van der Waals surface area contributed by atoms with Gasteiger partial charge < -0.3 is 15.6 Å². The number of nitrogens with zero attached hydrogens (tertiary/aromatic N) is 1. The fraction of sp³-hybridized carbons (Fsp3) is 0.458. The second-order valence-corrected chi connectivity index (χ2v) is 7.51. The van der Waals surface area contributed by atoms with E-state index in [0.717, 1.165) is 18.9 Å². The quantitative estimate of drug-likeness (QED) is 0.708. The fourth-order valence-corrected chi connectivity index (χ4v) is 3.66. The van der Waals surface area contributed by atoms with E-state index >= 15 is 0 Å². The average molecular weight is 381 g/mol. The molecule has 4 heteroatoms. The first-order valence-corrected chi connectivity index (χ1v) is 10.2. The molecule has 0 aromatic heterocycles. The summed E-state index contributed by atoms with van der Waals surface area (Å²) in [6, 6.07) is 15.0. The Morgan fingerprint density at radius 3 is 2.57 bits per heavy atom. The summed E-state index contributed by atoms with van der Waals surface area (Å²) in [7, 11) is 0. The Hall–Kier alpha value is -2.51. The summed E-state index contributed by atoms with van der Waals surface area (Å²) in [6.45, 7) is 7.43. The van der Waals surface area contributed by atoms with E-state index in [1.165, 1.54) is 36.5 Å². The second kappa shape index (κ2) is 10.7. The van der Waals surface area contributed by atoms with Crippen LogP contribution in [-0.4, -0.2) is 11.7 Å². The topological polar surface area (TPSA) is 79.3 Å². The molecule has 0 radical (unpaired) electrons. The third-order valence-corrected chi connectivity index (χ3v) is 5.38. The van der Waals surface area contributed by atoms with E-state index in [9.17, 15) is 5.11 Å². The van der Waals surface area contributed by atoms with Gasteiger partial charge >= 0.3 is 0 Å². The first-order valence-electron chi connectivity index (χ1n) is 10.2. The molecule has 0 bridgehead atoms. The van der Waals surface area contributed by atoms with Gasteiger partial charge in [0, 0.05) is 12.0 Å². The number of phenolic OH excluding ortho intramolecular Hbond substituents is 1. The molecule has 1 aliphatic carbocycles. The molecule has 0 spiro atoms. The molecule has 28 heavy (non-hydrogen) atoms. The van der Waals surface area contributed by atoms with Crippen molar-refractivity contribution < 1.29 is 9.84 Å². The van der Waals surface area contributed by atoms with Gasteiger partial charge in [0.15, 0.2) is 0 Å². The van der Waals surface area contributed by atoms with Crippen LogP contribution in [0.15, 0.2) is 42.5 Å². The first-order chi connectivity index (χ1) is 13.5. The Labute approximate surface area is 169 Å². The Morgan fingerprint density at radius 1 is 1.25 bits per heavy atom. The predicted octanol–water partition coefficient (Wildman–Crippen LogP) is 5.35. The third-order valence-electron chi connectivity index (χ3n) is 5.38. The van der Waals surface area contributed by atoms with E-state index in [-0.39, 0.29) is 17.4 Å². The number of hydrogen-bond acceptors (Lipinski definition) is 4. The fourth-order valence-electron chi connectivity index (χ4n) is 3.66. The van der Waals surface area contributed by atoms with Crippen molar-refractivity contribution in [3.8, 4) is 17.6 Å². The van der Waals surface area contributed by atoms with Crippen LogP contribution in [0.3, 0.4) is 0 Å². The highest BCUT2D eigenvalue weighted by molar-refractivity contribution is 5.47. The summed E-state index contributed by atoms with van der Waals surface area (Å²) in [5.74, 6) is 1.73. The van der Waals surface area contributed by atoms with Crippen LogP contribution in [0.4, 0.5) is 0 Å². The highest BCUT2D eigenvalue weighted by Crippen LogP contribution is 2.39. The standard InChI is InChI=1S/C17H15NO2.C7H17N/c1-11-8-12-4-2-3-5-15(12)17(11)20-14-7-6-13(10-18)16(19)9-14;1-3-5-7(4-2)6-8/h2-7,9,11,17,19H,8H2,1H3;7H,3-6,8H2,1-2H3/t11-,17?;/m1./s1. The van der Waals surface area contributed by atoms with Crippen LogP contribution < -0.4 is 10.5 Å². The van der Waals surface area contributed by atoms with Crippen molar-refractivity contribution in [2.45, 2.75) is 52.6 Å². The Morgan fingerprint density at radius 2 is 2.00 bits per heavy atom. The zero-order valence-electron chi connectivity index (χ0n) is 17.2. The molecule has 4 nitrogen and oxygen atoms in total. The minimum atomic E-state index is -0.0380. The maximum atomic E-state index is 9.72. The Bertz CT molecular complexity index is 793. The molecular formula is C24H32N2O2. The van der Waals surface area contributed by atoms with Crippen molar-refractivity contribution in [3.05, 3.63) is 59.2 Å². The van der Waals surface area contributed by atoms with Gasteiger partial charge in [0.05, 0.1) is 5.56 Å². The molecule has 0 heterocycles. The second-order valence-electron chi connectivity index (χ2n) is 7.51. The Balaban J connectivity index is 0.000000300. The highest BCUT2D eigenvalue weighted by atomic mass is 16.5. The first kappa shape index (κ1) is 21.8. The van der Waals surface area contributed by atoms with E-state index in [1.54, 1.807) is 12.1 Å². The molecule has 0 saturated carbocycles. The zero-order chi connectivity index (χ0) is 20.5. The number of phenols is 1. The van der Waals surface area contributed by atoms with Crippen molar-refractivity contribution in [2.75, 3.05) is 6.54 Å². The number of hydrogen-bond donors (Lipinski definition) is 2. The van der Waals surface area contributed by atoms with Gasteiger partial charge in [0.1, 0.15) is 23.7 Å². The van der Waals surface area contributed by atoms with Crippen molar-refractivity contribution in [3.63, 3.8) is 0 Å². The van der Waals surface area contributed by atoms with Gasteiger partial charge in [-0.05, 0) is 48.6 Å². The van der Waals surface area contributed by atoms with Gasteiger partial charge in [-0.3, -0.25) is 0 Å². The van der Waals surface area contributed by atoms with Crippen molar-refractivity contribution in [1.29, 1.82) is 5.26 Å². The highest BCUT2D eigenvalue weighted by Gasteiger charge is 2.30. The van der Waals surface area contributed by atoms with Gasteiger partial charge in [-0.15, -0.1) is 0 Å². The van der Waals surface area contributed by atoms with Crippen molar-refractivity contribution >= 4 is 0 Å².